The largest absolute Gasteiger partial charge is 0.497 e. The number of nitrogens with zero attached hydrogens (tertiary/aromatic N) is 2. The van der Waals surface area contributed by atoms with Crippen molar-refractivity contribution >= 4 is 33.9 Å². The first-order valence-corrected chi connectivity index (χ1v) is 10.4. The molecule has 4 rings (SSSR count). The quantitative estimate of drug-likeness (QED) is 0.292. The Balaban J connectivity index is 1.63. The lowest BCUT2D eigenvalue weighted by atomic mass is 10.1. The SMILES string of the molecule is CCCCOc1ccc(Nc2nc(Nc3cc(C)[nH]n3)cc3cc(OC)ccc23)cc1. The first-order valence-electron chi connectivity index (χ1n) is 10.4. The average molecular weight is 418 g/mol. The zero-order valence-electron chi connectivity index (χ0n) is 18.0. The number of ether oxygens (including phenoxy) is 2. The highest BCUT2D eigenvalue weighted by atomic mass is 16.5. The van der Waals surface area contributed by atoms with Gasteiger partial charge < -0.3 is 20.1 Å². The van der Waals surface area contributed by atoms with E-state index < -0.39 is 0 Å². The van der Waals surface area contributed by atoms with E-state index in [1.807, 2.05) is 61.5 Å². The van der Waals surface area contributed by atoms with Gasteiger partial charge in [0.25, 0.3) is 0 Å². The molecule has 7 heteroatoms. The van der Waals surface area contributed by atoms with E-state index in [1.54, 1.807) is 7.11 Å². The molecule has 2 aromatic carbocycles. The molecule has 0 aliphatic carbocycles. The Morgan fingerprint density at radius 2 is 1.74 bits per heavy atom. The second-order valence-electron chi connectivity index (χ2n) is 7.36. The molecule has 2 aromatic heterocycles. The molecule has 3 N–H and O–H groups in total. The summed E-state index contributed by atoms with van der Waals surface area (Å²) in [6, 6.07) is 17.8. The number of unbranched alkanes of at least 4 members (excludes halogenated alkanes) is 1. The number of aryl methyl sites for hydroxylation is 1. The molecule has 0 amide bonds. The maximum atomic E-state index is 5.76. The molecule has 2 heterocycles. The first-order chi connectivity index (χ1) is 15.1. The zero-order chi connectivity index (χ0) is 21.6. The first kappa shape index (κ1) is 20.5. The number of hydrogen-bond donors (Lipinski definition) is 3. The summed E-state index contributed by atoms with van der Waals surface area (Å²) < 4.78 is 11.2. The molecule has 0 unspecified atom stereocenters. The van der Waals surface area contributed by atoms with E-state index in [4.69, 9.17) is 14.5 Å². The molecule has 0 radical (unpaired) electrons. The Morgan fingerprint density at radius 1 is 0.935 bits per heavy atom. The van der Waals surface area contributed by atoms with E-state index in [0.29, 0.717) is 11.6 Å². The predicted octanol–water partition coefficient (Wildman–Crippen LogP) is 5.94. The molecule has 0 fully saturated rings. The van der Waals surface area contributed by atoms with Crippen LogP contribution in [0, 0.1) is 6.92 Å². The van der Waals surface area contributed by atoms with Gasteiger partial charge in [0.2, 0.25) is 0 Å². The number of pyridine rings is 1. The van der Waals surface area contributed by atoms with Crippen molar-refractivity contribution in [2.24, 2.45) is 0 Å². The zero-order valence-corrected chi connectivity index (χ0v) is 18.0. The van der Waals surface area contributed by atoms with Gasteiger partial charge in [-0.05, 0) is 67.3 Å². The van der Waals surface area contributed by atoms with Crippen LogP contribution in [0.2, 0.25) is 0 Å². The van der Waals surface area contributed by atoms with Crippen LogP contribution in [-0.4, -0.2) is 28.9 Å². The number of benzene rings is 2. The molecule has 0 saturated carbocycles. The lowest BCUT2D eigenvalue weighted by Gasteiger charge is -2.13. The van der Waals surface area contributed by atoms with Gasteiger partial charge in [-0.2, -0.15) is 5.10 Å². The van der Waals surface area contributed by atoms with E-state index in [-0.39, 0.29) is 0 Å². The van der Waals surface area contributed by atoms with E-state index >= 15 is 0 Å². The molecular formula is C24H27N5O2. The van der Waals surface area contributed by atoms with Gasteiger partial charge >= 0.3 is 0 Å². The predicted molar refractivity (Wildman–Crippen MR) is 125 cm³/mol. The Morgan fingerprint density at radius 3 is 2.45 bits per heavy atom. The standard InChI is InChI=1S/C24H27N5O2/c1-4-5-12-31-19-8-6-18(7-9-19)25-24-21-11-10-20(30-3)14-17(21)15-22(27-24)26-23-13-16(2)28-29-23/h6-11,13-15H,4-5,12H2,1-3H3,(H3,25,26,27,28,29). The summed E-state index contributed by atoms with van der Waals surface area (Å²) in [7, 11) is 1.66. The highest BCUT2D eigenvalue weighted by Gasteiger charge is 2.10. The normalized spacial score (nSPS) is 10.8. The fourth-order valence-electron chi connectivity index (χ4n) is 3.24. The van der Waals surface area contributed by atoms with Gasteiger partial charge in [0.1, 0.15) is 23.1 Å². The third-order valence-corrected chi connectivity index (χ3v) is 4.88. The van der Waals surface area contributed by atoms with Gasteiger partial charge in [-0.1, -0.05) is 13.3 Å². The van der Waals surface area contributed by atoms with Gasteiger partial charge in [0, 0.05) is 22.8 Å². The number of aromatic amines is 1. The van der Waals surface area contributed by atoms with Crippen molar-refractivity contribution < 1.29 is 9.47 Å². The molecule has 0 bridgehead atoms. The van der Waals surface area contributed by atoms with Crippen LogP contribution in [0.5, 0.6) is 11.5 Å². The van der Waals surface area contributed by atoms with Gasteiger partial charge in [0.15, 0.2) is 5.82 Å². The summed E-state index contributed by atoms with van der Waals surface area (Å²) in [5.41, 5.74) is 1.91. The minimum Gasteiger partial charge on any atom is -0.497 e. The molecule has 0 saturated heterocycles. The van der Waals surface area contributed by atoms with Crippen molar-refractivity contribution in [2.75, 3.05) is 24.4 Å². The average Bonchev–Trinajstić information content (AvgIpc) is 3.19. The number of nitrogens with one attached hydrogen (secondary N) is 3. The van der Waals surface area contributed by atoms with Crippen molar-refractivity contribution in [3.05, 3.63) is 60.3 Å². The molecule has 0 spiro atoms. The number of anilines is 4. The van der Waals surface area contributed by atoms with Crippen molar-refractivity contribution in [2.45, 2.75) is 26.7 Å². The molecule has 0 aliphatic rings. The Kier molecular flexibility index (Phi) is 6.21. The molecule has 0 atom stereocenters. The molecule has 0 aliphatic heterocycles. The van der Waals surface area contributed by atoms with Crippen molar-refractivity contribution in [1.29, 1.82) is 0 Å². The molecule has 7 nitrogen and oxygen atoms in total. The van der Waals surface area contributed by atoms with E-state index in [1.165, 1.54) is 0 Å². The van der Waals surface area contributed by atoms with Crippen LogP contribution in [0.1, 0.15) is 25.5 Å². The van der Waals surface area contributed by atoms with Crippen LogP contribution in [0.25, 0.3) is 10.8 Å². The van der Waals surface area contributed by atoms with Crippen LogP contribution in [0.15, 0.2) is 54.6 Å². The monoisotopic (exact) mass is 417 g/mol. The van der Waals surface area contributed by atoms with Gasteiger partial charge in [-0.25, -0.2) is 4.98 Å². The number of hydrogen-bond acceptors (Lipinski definition) is 6. The number of aromatic nitrogens is 3. The Labute approximate surface area is 181 Å². The van der Waals surface area contributed by atoms with Crippen LogP contribution in [0.3, 0.4) is 0 Å². The third kappa shape index (κ3) is 5.06. The Hall–Kier alpha value is -3.74. The second kappa shape index (κ2) is 9.38. The smallest absolute Gasteiger partial charge is 0.153 e. The van der Waals surface area contributed by atoms with Crippen LogP contribution >= 0.6 is 0 Å². The summed E-state index contributed by atoms with van der Waals surface area (Å²) in [6.07, 6.45) is 2.17. The molecule has 4 aromatic rings. The minimum atomic E-state index is 0.689. The third-order valence-electron chi connectivity index (χ3n) is 4.88. The number of methoxy groups -OCH3 is 1. The van der Waals surface area contributed by atoms with E-state index in [0.717, 1.165) is 58.9 Å². The van der Waals surface area contributed by atoms with Gasteiger partial charge in [0.05, 0.1) is 13.7 Å². The van der Waals surface area contributed by atoms with Gasteiger partial charge in [-0.15, -0.1) is 0 Å². The lowest BCUT2D eigenvalue weighted by molar-refractivity contribution is 0.309. The topological polar surface area (TPSA) is 84.1 Å². The summed E-state index contributed by atoms with van der Waals surface area (Å²) in [4.78, 5) is 4.79. The molecular weight excluding hydrogens is 390 g/mol. The summed E-state index contributed by atoms with van der Waals surface area (Å²) in [5.74, 6) is 3.81. The van der Waals surface area contributed by atoms with Crippen LogP contribution in [-0.2, 0) is 0 Å². The van der Waals surface area contributed by atoms with Crippen molar-refractivity contribution in [3.63, 3.8) is 0 Å². The Bertz CT molecular complexity index is 1150. The highest BCUT2D eigenvalue weighted by molar-refractivity contribution is 5.96. The molecule has 31 heavy (non-hydrogen) atoms. The van der Waals surface area contributed by atoms with E-state index in [2.05, 4.69) is 27.8 Å². The van der Waals surface area contributed by atoms with Gasteiger partial charge in [-0.3, -0.25) is 5.10 Å². The highest BCUT2D eigenvalue weighted by Crippen LogP contribution is 2.31. The van der Waals surface area contributed by atoms with Crippen LogP contribution in [0.4, 0.5) is 23.1 Å². The number of fused-ring (bicyclic) bond motifs is 1. The summed E-state index contributed by atoms with van der Waals surface area (Å²) in [5, 5.41) is 15.9. The minimum absolute atomic E-state index is 0.689. The number of rotatable bonds is 9. The van der Waals surface area contributed by atoms with Crippen molar-refractivity contribution in [1.82, 2.24) is 15.2 Å². The fourth-order valence-corrected chi connectivity index (χ4v) is 3.24. The summed E-state index contributed by atoms with van der Waals surface area (Å²) >= 11 is 0. The summed E-state index contributed by atoms with van der Waals surface area (Å²) in [6.45, 7) is 4.84. The maximum Gasteiger partial charge on any atom is 0.153 e. The van der Waals surface area contributed by atoms with Crippen molar-refractivity contribution in [3.8, 4) is 11.5 Å². The van der Waals surface area contributed by atoms with Crippen LogP contribution < -0.4 is 20.1 Å². The van der Waals surface area contributed by atoms with E-state index in [9.17, 15) is 0 Å². The maximum absolute atomic E-state index is 5.76. The fraction of sp³-hybridized carbons (Fsp3) is 0.250. The number of H-pyrrole nitrogens is 1. The second-order valence-corrected chi connectivity index (χ2v) is 7.36. The lowest BCUT2D eigenvalue weighted by Crippen LogP contribution is -2.00. The molecule has 160 valence electrons.